The van der Waals surface area contributed by atoms with Gasteiger partial charge in [0.15, 0.2) is 0 Å². The molecule has 1 saturated heterocycles. The monoisotopic (exact) mass is 357 g/mol. The number of aromatic amines is 1. The molecule has 1 unspecified atom stereocenters. The minimum absolute atomic E-state index is 0.0960. The first-order chi connectivity index (χ1) is 12.6. The first-order valence-corrected chi connectivity index (χ1v) is 9.05. The summed E-state index contributed by atoms with van der Waals surface area (Å²) in [5.74, 6) is 0.0960. The molecule has 7 nitrogen and oxygen atoms in total. The van der Waals surface area contributed by atoms with Crippen LogP contribution in [0.25, 0.3) is 0 Å². The Morgan fingerprint density at radius 1 is 1.38 bits per heavy atom. The average molecular weight is 357 g/mol. The van der Waals surface area contributed by atoms with E-state index in [0.717, 1.165) is 36.5 Å². The summed E-state index contributed by atoms with van der Waals surface area (Å²) < 4.78 is 5.46. The lowest BCUT2D eigenvalue weighted by Crippen LogP contribution is -2.46. The van der Waals surface area contributed by atoms with Gasteiger partial charge in [-0.15, -0.1) is 0 Å². The maximum Gasteiger partial charge on any atom is 0.244 e. The molecule has 3 rings (SSSR count). The third kappa shape index (κ3) is 4.11. The number of carbonyl (C=O) groups is 1. The molecule has 0 saturated carbocycles. The van der Waals surface area contributed by atoms with Crippen LogP contribution < -0.4 is 0 Å². The Hall–Kier alpha value is -2.25. The van der Waals surface area contributed by atoms with E-state index in [0.29, 0.717) is 19.8 Å². The van der Waals surface area contributed by atoms with E-state index in [9.17, 15) is 4.79 Å². The summed E-state index contributed by atoms with van der Waals surface area (Å²) in [5.41, 5.74) is 4.19. The lowest BCUT2D eigenvalue weighted by atomic mass is 10.0. The van der Waals surface area contributed by atoms with Crippen LogP contribution in [0.4, 0.5) is 0 Å². The van der Waals surface area contributed by atoms with Crippen molar-refractivity contribution in [3.8, 4) is 0 Å². The molecule has 1 aliphatic heterocycles. The van der Waals surface area contributed by atoms with E-state index in [1.807, 2.05) is 37.9 Å². The van der Waals surface area contributed by atoms with Crippen molar-refractivity contribution < 1.29 is 9.53 Å². The Kier molecular flexibility index (Phi) is 6.00. The van der Waals surface area contributed by atoms with Crippen LogP contribution in [0.15, 0.2) is 24.5 Å². The topological polar surface area (TPSA) is 74.4 Å². The zero-order valence-corrected chi connectivity index (χ0v) is 15.7. The third-order valence-corrected chi connectivity index (χ3v) is 5.00. The molecule has 0 radical (unpaired) electrons. The fourth-order valence-corrected chi connectivity index (χ4v) is 3.42. The van der Waals surface area contributed by atoms with Crippen molar-refractivity contribution >= 4 is 5.91 Å². The van der Waals surface area contributed by atoms with Gasteiger partial charge in [-0.05, 0) is 37.5 Å². The smallest absolute Gasteiger partial charge is 0.244 e. The van der Waals surface area contributed by atoms with Gasteiger partial charge in [0.2, 0.25) is 5.91 Å². The number of likely N-dealkylation sites (N-methyl/N-ethyl adjacent to an activating group) is 1. The van der Waals surface area contributed by atoms with Crippen LogP contribution in [-0.4, -0.2) is 70.8 Å². The fraction of sp³-hybridized carbons (Fsp3) is 0.526. The zero-order chi connectivity index (χ0) is 18.5. The van der Waals surface area contributed by atoms with Crippen molar-refractivity contribution in [3.63, 3.8) is 0 Å². The maximum atomic E-state index is 13.3. The molecule has 0 bridgehead atoms. The maximum absolute atomic E-state index is 13.3. The number of nitrogens with zero attached hydrogens (tertiary/aromatic N) is 4. The van der Waals surface area contributed by atoms with Gasteiger partial charge in [0.25, 0.3) is 0 Å². The number of ether oxygens (including phenoxy) is 1. The van der Waals surface area contributed by atoms with Crippen LogP contribution >= 0.6 is 0 Å². The van der Waals surface area contributed by atoms with Crippen LogP contribution in [-0.2, 0) is 16.0 Å². The quantitative estimate of drug-likeness (QED) is 0.848. The molecular formula is C19H27N5O2. The molecule has 140 valence electrons. The number of pyridine rings is 1. The highest BCUT2D eigenvalue weighted by atomic mass is 16.5. The molecule has 2 aromatic heterocycles. The number of aryl methyl sites for hydroxylation is 2. The average Bonchev–Trinajstić information content (AvgIpc) is 2.99. The molecule has 2 aromatic rings. The molecule has 1 amide bonds. The Morgan fingerprint density at radius 3 is 2.77 bits per heavy atom. The van der Waals surface area contributed by atoms with Crippen molar-refractivity contribution in [3.05, 3.63) is 47.0 Å². The summed E-state index contributed by atoms with van der Waals surface area (Å²) in [7, 11) is 1.87. The van der Waals surface area contributed by atoms with E-state index in [1.165, 1.54) is 5.56 Å². The minimum Gasteiger partial charge on any atom is -0.379 e. The second-order valence-electron chi connectivity index (χ2n) is 6.76. The van der Waals surface area contributed by atoms with Gasteiger partial charge in [0.05, 0.1) is 18.9 Å². The van der Waals surface area contributed by atoms with Crippen LogP contribution in [0.1, 0.15) is 28.6 Å². The first kappa shape index (κ1) is 18.5. The van der Waals surface area contributed by atoms with Crippen molar-refractivity contribution in [1.82, 2.24) is 25.0 Å². The van der Waals surface area contributed by atoms with Gasteiger partial charge in [0, 0.05) is 44.8 Å². The lowest BCUT2D eigenvalue weighted by Gasteiger charge is -2.35. The highest BCUT2D eigenvalue weighted by Gasteiger charge is 2.31. The number of morpholine rings is 1. The number of aromatic nitrogens is 3. The Labute approximate surface area is 154 Å². The highest BCUT2D eigenvalue weighted by molar-refractivity contribution is 5.83. The summed E-state index contributed by atoms with van der Waals surface area (Å²) in [4.78, 5) is 21.5. The number of nitrogens with one attached hydrogen (secondary N) is 1. The molecule has 0 spiro atoms. The second-order valence-corrected chi connectivity index (χ2v) is 6.76. The van der Waals surface area contributed by atoms with Crippen molar-refractivity contribution in [2.45, 2.75) is 26.3 Å². The van der Waals surface area contributed by atoms with Gasteiger partial charge in [-0.3, -0.25) is 19.8 Å². The molecule has 1 atom stereocenters. The Balaban J connectivity index is 1.73. The molecule has 0 aliphatic carbocycles. The SMILES string of the molecule is Cc1n[nH]c(C)c1CCN(C)C(=O)C(c1cccnc1)N1CCOCC1. The van der Waals surface area contributed by atoms with Crippen molar-refractivity contribution in [1.29, 1.82) is 0 Å². The summed E-state index contributed by atoms with van der Waals surface area (Å²) in [5, 5.41) is 7.24. The van der Waals surface area contributed by atoms with E-state index in [2.05, 4.69) is 20.1 Å². The summed E-state index contributed by atoms with van der Waals surface area (Å²) in [6.07, 6.45) is 4.31. The fourth-order valence-electron chi connectivity index (χ4n) is 3.42. The van der Waals surface area contributed by atoms with Gasteiger partial charge in [0.1, 0.15) is 6.04 Å². The number of H-pyrrole nitrogens is 1. The zero-order valence-electron chi connectivity index (χ0n) is 15.7. The van der Waals surface area contributed by atoms with E-state index >= 15 is 0 Å². The number of rotatable bonds is 6. The molecular weight excluding hydrogens is 330 g/mol. The molecule has 1 N–H and O–H groups in total. The van der Waals surface area contributed by atoms with Crippen LogP contribution in [0.5, 0.6) is 0 Å². The van der Waals surface area contributed by atoms with Gasteiger partial charge >= 0.3 is 0 Å². The minimum atomic E-state index is -0.316. The predicted octanol–water partition coefficient (Wildman–Crippen LogP) is 1.50. The normalized spacial score (nSPS) is 16.4. The van der Waals surface area contributed by atoms with Crippen LogP contribution in [0, 0.1) is 13.8 Å². The number of amides is 1. The van der Waals surface area contributed by atoms with Gasteiger partial charge < -0.3 is 9.64 Å². The van der Waals surface area contributed by atoms with E-state index in [4.69, 9.17) is 4.74 Å². The molecule has 1 fully saturated rings. The number of hydrogen-bond donors (Lipinski definition) is 1. The molecule has 3 heterocycles. The van der Waals surface area contributed by atoms with Crippen LogP contribution in [0.2, 0.25) is 0 Å². The molecule has 0 aromatic carbocycles. The lowest BCUT2D eigenvalue weighted by molar-refractivity contribution is -0.137. The molecule has 7 heteroatoms. The summed E-state index contributed by atoms with van der Waals surface area (Å²) >= 11 is 0. The van der Waals surface area contributed by atoms with E-state index in [-0.39, 0.29) is 11.9 Å². The second kappa shape index (κ2) is 8.42. The Morgan fingerprint density at radius 2 is 2.15 bits per heavy atom. The molecule has 26 heavy (non-hydrogen) atoms. The van der Waals surface area contributed by atoms with E-state index in [1.54, 1.807) is 12.4 Å². The highest BCUT2D eigenvalue weighted by Crippen LogP contribution is 2.23. The van der Waals surface area contributed by atoms with Crippen molar-refractivity contribution in [2.24, 2.45) is 0 Å². The number of carbonyl (C=O) groups excluding carboxylic acids is 1. The predicted molar refractivity (Wildman–Crippen MR) is 98.8 cm³/mol. The third-order valence-electron chi connectivity index (χ3n) is 5.00. The molecule has 1 aliphatic rings. The van der Waals surface area contributed by atoms with Gasteiger partial charge in [-0.1, -0.05) is 6.07 Å². The largest absolute Gasteiger partial charge is 0.379 e. The number of hydrogen-bond acceptors (Lipinski definition) is 5. The van der Waals surface area contributed by atoms with Crippen LogP contribution in [0.3, 0.4) is 0 Å². The van der Waals surface area contributed by atoms with Gasteiger partial charge in [-0.25, -0.2) is 0 Å². The first-order valence-electron chi connectivity index (χ1n) is 9.05. The standard InChI is InChI=1S/C19H27N5O2/c1-14-17(15(2)22-21-14)6-8-23(3)19(25)18(16-5-4-7-20-13-16)24-9-11-26-12-10-24/h4-5,7,13,18H,6,8-12H2,1-3H3,(H,21,22). The van der Waals surface area contributed by atoms with Gasteiger partial charge in [-0.2, -0.15) is 5.10 Å². The van der Waals surface area contributed by atoms with E-state index < -0.39 is 0 Å². The van der Waals surface area contributed by atoms with Crippen molar-refractivity contribution in [2.75, 3.05) is 39.9 Å². The Bertz CT molecular complexity index is 705. The summed E-state index contributed by atoms with van der Waals surface area (Å²) in [6, 6.07) is 3.54. The summed E-state index contributed by atoms with van der Waals surface area (Å²) in [6.45, 7) is 7.47.